The number of hydrogen-bond donors (Lipinski definition) is 1. The summed E-state index contributed by atoms with van der Waals surface area (Å²) in [5, 5.41) is 14.4. The maximum Gasteiger partial charge on any atom is 0.234 e. The van der Waals surface area contributed by atoms with Crippen molar-refractivity contribution in [2.75, 3.05) is 11.1 Å². The van der Waals surface area contributed by atoms with E-state index in [1.54, 1.807) is 0 Å². The van der Waals surface area contributed by atoms with Crippen LogP contribution in [-0.4, -0.2) is 21.9 Å². The minimum Gasteiger partial charge on any atom is -0.325 e. The first-order chi connectivity index (χ1) is 14.2. The Balaban J connectivity index is 1.37. The van der Waals surface area contributed by atoms with Crippen molar-refractivity contribution in [2.24, 2.45) is 0 Å². The summed E-state index contributed by atoms with van der Waals surface area (Å²) >= 11 is 1.38. The molecule has 0 spiro atoms. The van der Waals surface area contributed by atoms with Crippen molar-refractivity contribution in [3.63, 3.8) is 0 Å². The maximum atomic E-state index is 12.4. The Bertz CT molecular complexity index is 1120. The first-order valence-electron chi connectivity index (χ1n) is 9.56. The van der Waals surface area contributed by atoms with Gasteiger partial charge in [0.05, 0.1) is 11.4 Å². The number of rotatable bonds is 6. The van der Waals surface area contributed by atoms with Crippen molar-refractivity contribution in [1.29, 1.82) is 0 Å². The van der Waals surface area contributed by atoms with Crippen LogP contribution >= 0.6 is 11.8 Å². The van der Waals surface area contributed by atoms with Crippen LogP contribution in [0.4, 0.5) is 5.69 Å². The molecule has 5 heteroatoms. The van der Waals surface area contributed by atoms with E-state index >= 15 is 0 Å². The van der Waals surface area contributed by atoms with Crippen LogP contribution in [0, 0.1) is 0 Å². The van der Waals surface area contributed by atoms with Gasteiger partial charge in [0.1, 0.15) is 5.03 Å². The highest BCUT2D eigenvalue weighted by Gasteiger charge is 2.08. The van der Waals surface area contributed by atoms with Crippen molar-refractivity contribution >= 4 is 34.1 Å². The standard InChI is InChI=1S/C24H21N3OS/c1-2-17-10-12-19(13-11-17)21-14-15-24(27-26-21)29-16-23(28)25-22-9-5-7-18-6-3-4-8-20(18)22/h3-15H,2,16H2,1H3,(H,25,28). The molecule has 0 saturated heterocycles. The number of nitrogens with zero attached hydrogens (tertiary/aromatic N) is 2. The Labute approximate surface area is 174 Å². The number of benzene rings is 3. The van der Waals surface area contributed by atoms with Crippen molar-refractivity contribution in [3.8, 4) is 11.3 Å². The van der Waals surface area contributed by atoms with Crippen LogP contribution in [0.2, 0.25) is 0 Å². The van der Waals surface area contributed by atoms with E-state index in [4.69, 9.17) is 0 Å². The fraction of sp³-hybridized carbons (Fsp3) is 0.125. The van der Waals surface area contributed by atoms with E-state index in [0.717, 1.165) is 39.2 Å². The second-order valence-corrected chi connectivity index (χ2v) is 7.67. The van der Waals surface area contributed by atoms with Gasteiger partial charge in [-0.05, 0) is 35.6 Å². The van der Waals surface area contributed by atoms with E-state index in [1.165, 1.54) is 17.3 Å². The molecule has 0 saturated carbocycles. The Hall–Kier alpha value is -3.18. The molecule has 0 aliphatic rings. The van der Waals surface area contributed by atoms with E-state index in [-0.39, 0.29) is 11.7 Å². The molecule has 0 aliphatic heterocycles. The number of thioether (sulfide) groups is 1. The van der Waals surface area contributed by atoms with Crippen LogP contribution in [0.1, 0.15) is 12.5 Å². The smallest absolute Gasteiger partial charge is 0.234 e. The van der Waals surface area contributed by atoms with Gasteiger partial charge in [-0.1, -0.05) is 79.3 Å². The second-order valence-electron chi connectivity index (χ2n) is 6.67. The average Bonchev–Trinajstić information content (AvgIpc) is 2.78. The first-order valence-corrected chi connectivity index (χ1v) is 10.5. The largest absolute Gasteiger partial charge is 0.325 e. The lowest BCUT2D eigenvalue weighted by Crippen LogP contribution is -2.14. The zero-order chi connectivity index (χ0) is 20.1. The number of aryl methyl sites for hydroxylation is 1. The Kier molecular flexibility index (Phi) is 5.86. The quantitative estimate of drug-likeness (QED) is 0.429. The number of anilines is 1. The van der Waals surface area contributed by atoms with Crippen LogP contribution in [0.15, 0.2) is 83.9 Å². The summed E-state index contributed by atoms with van der Waals surface area (Å²) in [6, 6.07) is 26.1. The predicted molar refractivity (Wildman–Crippen MR) is 120 cm³/mol. The molecule has 0 radical (unpaired) electrons. The summed E-state index contributed by atoms with van der Waals surface area (Å²) in [5.74, 6) is 0.218. The van der Waals surface area contributed by atoms with Gasteiger partial charge < -0.3 is 5.32 Å². The fourth-order valence-corrected chi connectivity index (χ4v) is 3.74. The van der Waals surface area contributed by atoms with Crippen LogP contribution in [0.3, 0.4) is 0 Å². The lowest BCUT2D eigenvalue weighted by atomic mass is 10.1. The number of nitrogens with one attached hydrogen (secondary N) is 1. The molecule has 4 nitrogen and oxygen atoms in total. The third kappa shape index (κ3) is 4.63. The molecule has 144 valence electrons. The molecular weight excluding hydrogens is 378 g/mol. The van der Waals surface area contributed by atoms with Crippen LogP contribution in [-0.2, 0) is 11.2 Å². The molecule has 1 amide bonds. The topological polar surface area (TPSA) is 54.9 Å². The lowest BCUT2D eigenvalue weighted by molar-refractivity contribution is -0.113. The minimum absolute atomic E-state index is 0.0626. The van der Waals surface area contributed by atoms with Crippen molar-refractivity contribution in [2.45, 2.75) is 18.4 Å². The summed E-state index contributed by atoms with van der Waals surface area (Å²) in [6.07, 6.45) is 1.02. The van der Waals surface area contributed by atoms with Crippen LogP contribution < -0.4 is 5.32 Å². The molecule has 4 aromatic rings. The summed E-state index contributed by atoms with van der Waals surface area (Å²) in [6.45, 7) is 2.14. The highest BCUT2D eigenvalue weighted by Crippen LogP contribution is 2.24. The molecule has 0 aliphatic carbocycles. The first kappa shape index (κ1) is 19.2. The molecule has 1 aromatic heterocycles. The normalized spacial score (nSPS) is 10.8. The summed E-state index contributed by atoms with van der Waals surface area (Å²) < 4.78 is 0. The Morgan fingerprint density at radius 3 is 2.45 bits per heavy atom. The summed E-state index contributed by atoms with van der Waals surface area (Å²) in [5.41, 5.74) is 3.99. The number of hydrogen-bond acceptors (Lipinski definition) is 4. The molecule has 29 heavy (non-hydrogen) atoms. The molecule has 0 bridgehead atoms. The minimum atomic E-state index is -0.0626. The van der Waals surface area contributed by atoms with Crippen molar-refractivity contribution in [3.05, 3.63) is 84.4 Å². The maximum absolute atomic E-state index is 12.4. The van der Waals surface area contributed by atoms with Gasteiger partial charge in [-0.2, -0.15) is 0 Å². The number of carbonyl (C=O) groups excluding carboxylic acids is 1. The molecule has 1 heterocycles. The monoisotopic (exact) mass is 399 g/mol. The third-order valence-electron chi connectivity index (χ3n) is 4.71. The highest BCUT2D eigenvalue weighted by molar-refractivity contribution is 7.99. The molecule has 0 fully saturated rings. The summed E-state index contributed by atoms with van der Waals surface area (Å²) in [7, 11) is 0. The van der Waals surface area contributed by atoms with Gasteiger partial charge in [-0.25, -0.2) is 0 Å². The van der Waals surface area contributed by atoms with Gasteiger partial charge in [-0.15, -0.1) is 10.2 Å². The van der Waals surface area contributed by atoms with E-state index in [2.05, 4.69) is 46.7 Å². The Morgan fingerprint density at radius 2 is 1.69 bits per heavy atom. The number of carbonyl (C=O) groups is 1. The van der Waals surface area contributed by atoms with Gasteiger partial charge in [0, 0.05) is 16.6 Å². The summed E-state index contributed by atoms with van der Waals surface area (Å²) in [4.78, 5) is 12.4. The van der Waals surface area contributed by atoms with Crippen LogP contribution in [0.5, 0.6) is 0 Å². The zero-order valence-electron chi connectivity index (χ0n) is 16.1. The SMILES string of the molecule is CCc1ccc(-c2ccc(SCC(=O)Nc3cccc4ccccc34)nn2)cc1. The highest BCUT2D eigenvalue weighted by atomic mass is 32.2. The van der Waals surface area contributed by atoms with Gasteiger partial charge in [-0.3, -0.25) is 4.79 Å². The number of amides is 1. The zero-order valence-corrected chi connectivity index (χ0v) is 16.9. The van der Waals surface area contributed by atoms with Crippen LogP contribution in [0.25, 0.3) is 22.0 Å². The lowest BCUT2D eigenvalue weighted by Gasteiger charge is -2.08. The predicted octanol–water partition coefficient (Wildman–Crippen LogP) is 5.59. The Morgan fingerprint density at radius 1 is 0.897 bits per heavy atom. The molecule has 1 N–H and O–H groups in total. The van der Waals surface area contributed by atoms with Crippen molar-refractivity contribution in [1.82, 2.24) is 10.2 Å². The molecule has 4 rings (SSSR count). The third-order valence-corrected chi connectivity index (χ3v) is 5.63. The molecule has 0 atom stereocenters. The van der Waals surface area contributed by atoms with Gasteiger partial charge >= 0.3 is 0 Å². The van der Waals surface area contributed by atoms with Gasteiger partial charge in [0.15, 0.2) is 0 Å². The number of aromatic nitrogens is 2. The van der Waals surface area contributed by atoms with E-state index in [9.17, 15) is 4.79 Å². The van der Waals surface area contributed by atoms with E-state index < -0.39 is 0 Å². The number of fused-ring (bicyclic) bond motifs is 1. The van der Waals surface area contributed by atoms with Gasteiger partial charge in [0.25, 0.3) is 0 Å². The van der Waals surface area contributed by atoms with E-state index in [1.807, 2.05) is 54.6 Å². The second kappa shape index (κ2) is 8.88. The molecule has 3 aromatic carbocycles. The average molecular weight is 400 g/mol. The molecular formula is C24H21N3OS. The van der Waals surface area contributed by atoms with E-state index in [0.29, 0.717) is 0 Å². The fourth-order valence-electron chi connectivity index (χ4n) is 3.12. The molecule has 0 unspecified atom stereocenters. The van der Waals surface area contributed by atoms with Gasteiger partial charge in [0.2, 0.25) is 5.91 Å². The van der Waals surface area contributed by atoms with Crippen molar-refractivity contribution < 1.29 is 4.79 Å².